The summed E-state index contributed by atoms with van der Waals surface area (Å²) in [6.45, 7) is 5.60. The van der Waals surface area contributed by atoms with Crippen molar-refractivity contribution in [3.05, 3.63) is 58.7 Å². The van der Waals surface area contributed by atoms with Crippen LogP contribution in [0.4, 0.5) is 5.69 Å². The molecule has 0 amide bonds. The third-order valence-electron chi connectivity index (χ3n) is 3.75. The van der Waals surface area contributed by atoms with E-state index in [-0.39, 0.29) is 0 Å². The van der Waals surface area contributed by atoms with Gasteiger partial charge in [0.15, 0.2) is 0 Å². The number of aryl methyl sites for hydroxylation is 2. The lowest BCUT2D eigenvalue weighted by molar-refractivity contribution is 0.409. The second-order valence-electron chi connectivity index (χ2n) is 5.50. The molecule has 0 saturated carbocycles. The number of benzene rings is 2. The van der Waals surface area contributed by atoms with Gasteiger partial charge in [-0.15, -0.1) is 0 Å². The van der Waals surface area contributed by atoms with E-state index in [0.29, 0.717) is 6.54 Å². The fraction of sp³-hybridized carbons (Fsp3) is 0.333. The fourth-order valence-corrected chi connectivity index (χ4v) is 2.65. The highest BCUT2D eigenvalue weighted by Crippen LogP contribution is 2.24. The van der Waals surface area contributed by atoms with E-state index < -0.39 is 0 Å². The lowest BCUT2D eigenvalue weighted by atomic mass is 10.1. The quantitative estimate of drug-likeness (QED) is 0.914. The fourth-order valence-electron chi connectivity index (χ4n) is 2.65. The first-order valence-electron chi connectivity index (χ1n) is 7.19. The van der Waals surface area contributed by atoms with E-state index in [1.54, 1.807) is 7.11 Å². The predicted molar refractivity (Wildman–Crippen MR) is 88.9 cm³/mol. The van der Waals surface area contributed by atoms with Crippen LogP contribution in [-0.2, 0) is 13.1 Å². The van der Waals surface area contributed by atoms with Gasteiger partial charge in [0.2, 0.25) is 0 Å². The van der Waals surface area contributed by atoms with Crippen molar-refractivity contribution in [1.82, 2.24) is 0 Å². The van der Waals surface area contributed by atoms with Crippen LogP contribution in [0.25, 0.3) is 0 Å². The van der Waals surface area contributed by atoms with Crippen LogP contribution in [0.3, 0.4) is 0 Å². The van der Waals surface area contributed by atoms with Gasteiger partial charge in [-0.05, 0) is 37.1 Å². The average Bonchev–Trinajstić information content (AvgIpc) is 2.46. The first-order chi connectivity index (χ1) is 10.0. The van der Waals surface area contributed by atoms with Gasteiger partial charge >= 0.3 is 0 Å². The number of nitrogens with zero attached hydrogens (tertiary/aromatic N) is 1. The Kier molecular flexibility index (Phi) is 4.86. The molecule has 0 aliphatic carbocycles. The molecule has 21 heavy (non-hydrogen) atoms. The summed E-state index contributed by atoms with van der Waals surface area (Å²) in [6, 6.07) is 12.8. The monoisotopic (exact) mass is 284 g/mol. The highest BCUT2D eigenvalue weighted by atomic mass is 16.5. The van der Waals surface area contributed by atoms with Gasteiger partial charge < -0.3 is 15.4 Å². The van der Waals surface area contributed by atoms with Crippen LogP contribution >= 0.6 is 0 Å². The van der Waals surface area contributed by atoms with Crippen LogP contribution in [0.1, 0.15) is 22.3 Å². The van der Waals surface area contributed by atoms with E-state index in [9.17, 15) is 0 Å². The minimum Gasteiger partial charge on any atom is -0.496 e. The molecule has 2 rings (SSSR count). The molecule has 0 aliphatic heterocycles. The van der Waals surface area contributed by atoms with Gasteiger partial charge in [-0.3, -0.25) is 0 Å². The summed E-state index contributed by atoms with van der Waals surface area (Å²) >= 11 is 0. The molecule has 3 nitrogen and oxygen atoms in total. The van der Waals surface area contributed by atoms with Crippen LogP contribution in [0.15, 0.2) is 36.4 Å². The van der Waals surface area contributed by atoms with Crippen LogP contribution < -0.4 is 15.4 Å². The van der Waals surface area contributed by atoms with Crippen molar-refractivity contribution < 1.29 is 4.74 Å². The summed E-state index contributed by atoms with van der Waals surface area (Å²) in [5.74, 6) is 0.865. The summed E-state index contributed by atoms with van der Waals surface area (Å²) in [6.07, 6.45) is 0. The first kappa shape index (κ1) is 15.4. The van der Waals surface area contributed by atoms with E-state index in [1.165, 1.54) is 22.4 Å². The van der Waals surface area contributed by atoms with Crippen LogP contribution in [0.5, 0.6) is 5.75 Å². The largest absolute Gasteiger partial charge is 0.496 e. The molecular formula is C18H24N2O. The smallest absolute Gasteiger partial charge is 0.123 e. The molecule has 0 heterocycles. The number of hydrogen-bond acceptors (Lipinski definition) is 3. The topological polar surface area (TPSA) is 38.5 Å². The Morgan fingerprint density at radius 1 is 1.10 bits per heavy atom. The standard InChI is InChI=1S/C18H24N2O/c1-13-5-8-17(14(2)9-13)20(3)12-15-6-7-16(11-19)18(10-15)21-4/h5-10H,11-12,19H2,1-4H3. The number of nitrogens with two attached hydrogens (primary N) is 1. The van der Waals surface area contributed by atoms with E-state index in [1.807, 2.05) is 6.07 Å². The molecule has 0 radical (unpaired) electrons. The summed E-state index contributed by atoms with van der Waals surface area (Å²) in [5.41, 5.74) is 11.8. The molecular weight excluding hydrogens is 260 g/mol. The molecule has 112 valence electrons. The van der Waals surface area contributed by atoms with Crippen LogP contribution in [-0.4, -0.2) is 14.2 Å². The second-order valence-corrected chi connectivity index (χ2v) is 5.50. The Bertz CT molecular complexity index is 623. The van der Waals surface area contributed by atoms with Crippen molar-refractivity contribution in [1.29, 1.82) is 0 Å². The highest BCUT2D eigenvalue weighted by molar-refractivity contribution is 5.54. The molecule has 0 unspecified atom stereocenters. The number of ether oxygens (including phenoxy) is 1. The van der Waals surface area contributed by atoms with E-state index >= 15 is 0 Å². The maximum absolute atomic E-state index is 5.71. The summed E-state index contributed by atoms with van der Waals surface area (Å²) in [5, 5.41) is 0. The van der Waals surface area contributed by atoms with Gasteiger partial charge in [0.1, 0.15) is 5.75 Å². The highest BCUT2D eigenvalue weighted by Gasteiger charge is 2.08. The molecule has 0 aromatic heterocycles. The molecule has 2 aromatic carbocycles. The number of hydrogen-bond donors (Lipinski definition) is 1. The maximum Gasteiger partial charge on any atom is 0.123 e. The Hall–Kier alpha value is -2.00. The van der Waals surface area contributed by atoms with Gasteiger partial charge in [0, 0.05) is 31.4 Å². The third-order valence-corrected chi connectivity index (χ3v) is 3.75. The van der Waals surface area contributed by atoms with Crippen molar-refractivity contribution in [3.63, 3.8) is 0 Å². The molecule has 0 saturated heterocycles. The molecule has 0 spiro atoms. The zero-order valence-electron chi connectivity index (χ0n) is 13.3. The van der Waals surface area contributed by atoms with Crippen LogP contribution in [0, 0.1) is 13.8 Å². The summed E-state index contributed by atoms with van der Waals surface area (Å²) < 4.78 is 5.41. The number of rotatable bonds is 5. The van der Waals surface area contributed by atoms with Gasteiger partial charge in [0.25, 0.3) is 0 Å². The zero-order chi connectivity index (χ0) is 15.4. The third kappa shape index (κ3) is 3.56. The molecule has 0 aliphatic rings. The lowest BCUT2D eigenvalue weighted by Crippen LogP contribution is -2.17. The number of methoxy groups -OCH3 is 1. The predicted octanol–water partition coefficient (Wildman–Crippen LogP) is 3.41. The Balaban J connectivity index is 2.21. The van der Waals surface area contributed by atoms with Crippen molar-refractivity contribution in [2.75, 3.05) is 19.1 Å². The summed E-state index contributed by atoms with van der Waals surface area (Å²) in [4.78, 5) is 2.26. The zero-order valence-corrected chi connectivity index (χ0v) is 13.3. The normalized spacial score (nSPS) is 10.5. The van der Waals surface area contributed by atoms with Crippen molar-refractivity contribution in [3.8, 4) is 5.75 Å². The molecule has 0 fully saturated rings. The molecule has 0 atom stereocenters. The van der Waals surface area contributed by atoms with Crippen molar-refractivity contribution >= 4 is 5.69 Å². The molecule has 0 bridgehead atoms. The second kappa shape index (κ2) is 6.64. The van der Waals surface area contributed by atoms with Crippen molar-refractivity contribution in [2.45, 2.75) is 26.9 Å². The minimum atomic E-state index is 0.496. The van der Waals surface area contributed by atoms with E-state index in [4.69, 9.17) is 10.5 Å². The number of anilines is 1. The lowest BCUT2D eigenvalue weighted by Gasteiger charge is -2.22. The molecule has 2 aromatic rings. The summed E-state index contributed by atoms with van der Waals surface area (Å²) in [7, 11) is 3.80. The van der Waals surface area contributed by atoms with E-state index in [0.717, 1.165) is 17.9 Å². The molecule has 2 N–H and O–H groups in total. The Labute approximate surface area is 127 Å². The maximum atomic E-state index is 5.71. The first-order valence-corrected chi connectivity index (χ1v) is 7.19. The minimum absolute atomic E-state index is 0.496. The van der Waals surface area contributed by atoms with Crippen LogP contribution in [0.2, 0.25) is 0 Å². The van der Waals surface area contributed by atoms with Crippen molar-refractivity contribution in [2.24, 2.45) is 5.73 Å². The van der Waals surface area contributed by atoms with Gasteiger partial charge in [-0.1, -0.05) is 29.8 Å². The van der Waals surface area contributed by atoms with Gasteiger partial charge in [-0.25, -0.2) is 0 Å². The average molecular weight is 284 g/mol. The van der Waals surface area contributed by atoms with E-state index in [2.05, 4.69) is 56.1 Å². The molecule has 3 heteroatoms. The Morgan fingerprint density at radius 3 is 2.48 bits per heavy atom. The van der Waals surface area contributed by atoms with Gasteiger partial charge in [-0.2, -0.15) is 0 Å². The Morgan fingerprint density at radius 2 is 1.86 bits per heavy atom. The van der Waals surface area contributed by atoms with Gasteiger partial charge in [0.05, 0.1) is 7.11 Å². The SMILES string of the molecule is COc1cc(CN(C)c2ccc(C)cc2C)ccc1CN.